The third-order valence-corrected chi connectivity index (χ3v) is 3.90. The molecular formula is C14H23N3O. The smallest absolute Gasteiger partial charge is 0.268 e. The largest absolute Gasteiger partial charge is 0.397 e. The molecule has 0 unspecified atom stereocenters. The molecule has 1 aromatic rings. The molecule has 4 heteroatoms. The zero-order valence-corrected chi connectivity index (χ0v) is 11.5. The summed E-state index contributed by atoms with van der Waals surface area (Å²) in [5.41, 5.74) is 7.38. The van der Waals surface area contributed by atoms with Crippen LogP contribution in [0.1, 0.15) is 56.6 Å². The first-order valence-corrected chi connectivity index (χ1v) is 6.67. The number of anilines is 1. The average Bonchev–Trinajstić information content (AvgIpc) is 2.66. The van der Waals surface area contributed by atoms with Gasteiger partial charge in [-0.25, -0.2) is 0 Å². The lowest BCUT2D eigenvalue weighted by molar-refractivity contribution is 0.0880. The summed E-state index contributed by atoms with van der Waals surface area (Å²) < 4.78 is 1.92. The Morgan fingerprint density at radius 2 is 2.22 bits per heavy atom. The van der Waals surface area contributed by atoms with Crippen molar-refractivity contribution in [3.05, 3.63) is 18.0 Å². The molecule has 0 aromatic carbocycles. The fraction of sp³-hybridized carbons (Fsp3) is 0.643. The fourth-order valence-corrected chi connectivity index (χ4v) is 2.45. The fourth-order valence-electron chi connectivity index (χ4n) is 2.45. The molecule has 100 valence electrons. The minimum Gasteiger partial charge on any atom is -0.397 e. The SMILES string of the molecule is CC(C)n1cc(N)cc1C(=O)NCC1(C)CCC1. The lowest BCUT2D eigenvalue weighted by Crippen LogP contribution is -2.40. The van der Waals surface area contributed by atoms with Crippen LogP contribution >= 0.6 is 0 Å². The molecule has 0 atom stereocenters. The molecule has 2 rings (SSSR count). The predicted octanol–water partition coefficient (Wildman–Crippen LogP) is 2.57. The van der Waals surface area contributed by atoms with Gasteiger partial charge in [-0.3, -0.25) is 4.79 Å². The number of rotatable bonds is 4. The van der Waals surface area contributed by atoms with Crippen LogP contribution in [0.15, 0.2) is 12.3 Å². The van der Waals surface area contributed by atoms with Crippen LogP contribution in [0.5, 0.6) is 0 Å². The lowest BCUT2D eigenvalue weighted by atomic mass is 9.70. The highest BCUT2D eigenvalue weighted by Gasteiger charge is 2.32. The first kappa shape index (κ1) is 13.0. The van der Waals surface area contributed by atoms with Crippen molar-refractivity contribution in [2.24, 2.45) is 5.41 Å². The molecule has 1 aliphatic carbocycles. The molecule has 0 bridgehead atoms. The second kappa shape index (κ2) is 4.67. The van der Waals surface area contributed by atoms with Crippen LogP contribution in [0.3, 0.4) is 0 Å². The van der Waals surface area contributed by atoms with E-state index in [9.17, 15) is 4.79 Å². The van der Waals surface area contributed by atoms with E-state index in [4.69, 9.17) is 5.73 Å². The quantitative estimate of drug-likeness (QED) is 0.861. The Morgan fingerprint density at radius 1 is 1.56 bits per heavy atom. The number of nitrogen functional groups attached to an aromatic ring is 1. The predicted molar refractivity (Wildman–Crippen MR) is 73.5 cm³/mol. The summed E-state index contributed by atoms with van der Waals surface area (Å²) in [5.74, 6) is -0.0199. The zero-order chi connectivity index (χ0) is 13.3. The third kappa shape index (κ3) is 2.52. The zero-order valence-electron chi connectivity index (χ0n) is 11.5. The van der Waals surface area contributed by atoms with E-state index in [0.717, 1.165) is 6.54 Å². The maximum atomic E-state index is 12.2. The van der Waals surface area contributed by atoms with Gasteiger partial charge in [0.05, 0.1) is 5.69 Å². The first-order chi connectivity index (χ1) is 8.41. The van der Waals surface area contributed by atoms with Gasteiger partial charge in [-0.05, 0) is 38.2 Å². The number of aromatic nitrogens is 1. The van der Waals surface area contributed by atoms with E-state index in [1.165, 1.54) is 19.3 Å². The van der Waals surface area contributed by atoms with Gasteiger partial charge in [0, 0.05) is 18.8 Å². The molecule has 18 heavy (non-hydrogen) atoms. The summed E-state index contributed by atoms with van der Waals surface area (Å²) in [7, 11) is 0. The molecule has 0 radical (unpaired) electrons. The number of nitrogens with zero attached hydrogens (tertiary/aromatic N) is 1. The number of nitrogens with two attached hydrogens (primary N) is 1. The summed E-state index contributed by atoms with van der Waals surface area (Å²) >= 11 is 0. The standard InChI is InChI=1S/C14H23N3O/c1-10(2)17-8-11(15)7-12(17)13(18)16-9-14(3)5-4-6-14/h7-8,10H,4-6,9,15H2,1-3H3,(H,16,18). The molecule has 1 saturated carbocycles. The van der Waals surface area contributed by atoms with Gasteiger partial charge >= 0.3 is 0 Å². The van der Waals surface area contributed by atoms with Gasteiger partial charge in [-0.15, -0.1) is 0 Å². The van der Waals surface area contributed by atoms with E-state index in [-0.39, 0.29) is 11.9 Å². The van der Waals surface area contributed by atoms with Crippen LogP contribution < -0.4 is 11.1 Å². The third-order valence-electron chi connectivity index (χ3n) is 3.90. The highest BCUT2D eigenvalue weighted by Crippen LogP contribution is 2.39. The summed E-state index contributed by atoms with van der Waals surface area (Å²) in [6, 6.07) is 1.99. The number of carbonyl (C=O) groups is 1. The van der Waals surface area contributed by atoms with E-state index in [1.807, 2.05) is 24.6 Å². The van der Waals surface area contributed by atoms with Crippen LogP contribution in [0.4, 0.5) is 5.69 Å². The number of hydrogen-bond donors (Lipinski definition) is 2. The van der Waals surface area contributed by atoms with Crippen LogP contribution in [-0.4, -0.2) is 17.0 Å². The highest BCUT2D eigenvalue weighted by atomic mass is 16.1. The normalized spacial score (nSPS) is 17.6. The molecule has 4 nitrogen and oxygen atoms in total. The van der Waals surface area contributed by atoms with Gasteiger partial charge in [0.2, 0.25) is 0 Å². The second-order valence-corrected chi connectivity index (χ2v) is 6.01. The summed E-state index contributed by atoms with van der Waals surface area (Å²) in [6.45, 7) is 7.08. The number of nitrogens with one attached hydrogen (secondary N) is 1. The topological polar surface area (TPSA) is 60.0 Å². The number of carbonyl (C=O) groups excluding carboxylic acids is 1. The van der Waals surface area contributed by atoms with Gasteiger partial charge in [0.25, 0.3) is 5.91 Å². The van der Waals surface area contributed by atoms with Crippen LogP contribution in [0.25, 0.3) is 0 Å². The summed E-state index contributed by atoms with van der Waals surface area (Å²) in [6.07, 6.45) is 5.52. The van der Waals surface area contributed by atoms with Crippen molar-refractivity contribution in [2.45, 2.75) is 46.1 Å². The maximum Gasteiger partial charge on any atom is 0.268 e. The van der Waals surface area contributed by atoms with Gasteiger partial charge in [0.1, 0.15) is 5.69 Å². The van der Waals surface area contributed by atoms with Crippen LogP contribution in [0, 0.1) is 5.41 Å². The molecule has 1 aromatic heterocycles. The molecule has 0 spiro atoms. The highest BCUT2D eigenvalue weighted by molar-refractivity contribution is 5.93. The first-order valence-electron chi connectivity index (χ1n) is 6.67. The Hall–Kier alpha value is -1.45. The van der Waals surface area contributed by atoms with Crippen molar-refractivity contribution in [3.63, 3.8) is 0 Å². The van der Waals surface area contributed by atoms with Crippen LogP contribution in [0.2, 0.25) is 0 Å². The van der Waals surface area contributed by atoms with E-state index in [0.29, 0.717) is 16.8 Å². The minimum atomic E-state index is -0.0199. The molecule has 1 amide bonds. The molecular weight excluding hydrogens is 226 g/mol. The Morgan fingerprint density at radius 3 is 2.72 bits per heavy atom. The van der Waals surface area contributed by atoms with Crippen molar-refractivity contribution >= 4 is 11.6 Å². The van der Waals surface area contributed by atoms with Crippen molar-refractivity contribution in [1.82, 2.24) is 9.88 Å². The Balaban J connectivity index is 2.04. The van der Waals surface area contributed by atoms with E-state index < -0.39 is 0 Å². The molecule has 1 heterocycles. The molecule has 1 aliphatic rings. The van der Waals surface area contributed by atoms with Crippen molar-refractivity contribution in [3.8, 4) is 0 Å². The van der Waals surface area contributed by atoms with Gasteiger partial charge in [-0.2, -0.15) is 0 Å². The molecule has 3 N–H and O–H groups in total. The number of hydrogen-bond acceptors (Lipinski definition) is 2. The average molecular weight is 249 g/mol. The maximum absolute atomic E-state index is 12.2. The van der Waals surface area contributed by atoms with E-state index in [2.05, 4.69) is 12.2 Å². The Labute approximate surface area is 109 Å². The molecule has 1 fully saturated rings. The van der Waals surface area contributed by atoms with Gasteiger partial charge in [-0.1, -0.05) is 13.3 Å². The number of amides is 1. The van der Waals surface area contributed by atoms with Gasteiger partial charge in [0.15, 0.2) is 0 Å². The van der Waals surface area contributed by atoms with Crippen molar-refractivity contribution < 1.29 is 4.79 Å². The minimum absolute atomic E-state index is 0.0199. The van der Waals surface area contributed by atoms with Gasteiger partial charge < -0.3 is 15.6 Å². The molecule has 0 aliphatic heterocycles. The molecule has 0 saturated heterocycles. The van der Waals surface area contributed by atoms with E-state index in [1.54, 1.807) is 6.07 Å². The van der Waals surface area contributed by atoms with Crippen molar-refractivity contribution in [1.29, 1.82) is 0 Å². The van der Waals surface area contributed by atoms with Crippen molar-refractivity contribution in [2.75, 3.05) is 12.3 Å². The van der Waals surface area contributed by atoms with E-state index >= 15 is 0 Å². The second-order valence-electron chi connectivity index (χ2n) is 6.01. The summed E-state index contributed by atoms with van der Waals surface area (Å²) in [4.78, 5) is 12.2. The monoisotopic (exact) mass is 249 g/mol. The lowest BCUT2D eigenvalue weighted by Gasteiger charge is -2.38. The summed E-state index contributed by atoms with van der Waals surface area (Å²) in [5, 5.41) is 3.03. The Kier molecular flexibility index (Phi) is 3.37. The van der Waals surface area contributed by atoms with Crippen LogP contribution in [-0.2, 0) is 0 Å². The Bertz CT molecular complexity index is 444.